The predicted octanol–water partition coefficient (Wildman–Crippen LogP) is 3.30. The molecule has 0 aromatic rings. The van der Waals surface area contributed by atoms with Gasteiger partial charge in [-0.3, -0.25) is 4.79 Å². The fourth-order valence-corrected chi connectivity index (χ4v) is 2.17. The van der Waals surface area contributed by atoms with Crippen molar-refractivity contribution in [3.8, 4) is 0 Å². The van der Waals surface area contributed by atoms with Crippen molar-refractivity contribution < 1.29 is 14.3 Å². The van der Waals surface area contributed by atoms with E-state index in [1.165, 1.54) is 18.2 Å². The Morgan fingerprint density at radius 2 is 1.68 bits per heavy atom. The highest BCUT2D eigenvalue weighted by Crippen LogP contribution is 2.23. The van der Waals surface area contributed by atoms with Crippen LogP contribution in [0.15, 0.2) is 0 Å². The Labute approximate surface area is 117 Å². The Hall–Kier alpha value is -0.640. The number of alkyl halides is 1. The van der Waals surface area contributed by atoms with Crippen LogP contribution in [0, 0.1) is 0 Å². The van der Waals surface area contributed by atoms with Crippen LogP contribution in [0.1, 0.15) is 66.2 Å². The van der Waals surface area contributed by atoms with Crippen molar-refractivity contribution >= 4 is 5.91 Å². The normalized spacial score (nSPS) is 15.9. The molecule has 0 unspecified atom stereocenters. The maximum absolute atomic E-state index is 14.4. The van der Waals surface area contributed by atoms with E-state index in [1.807, 2.05) is 13.8 Å². The molecule has 0 spiro atoms. The van der Waals surface area contributed by atoms with E-state index >= 15 is 0 Å². The third kappa shape index (κ3) is 5.89. The number of unbranched alkanes of at least 4 members (excludes halogenated alkanes) is 4. The quantitative estimate of drug-likeness (QED) is 0.621. The van der Waals surface area contributed by atoms with Gasteiger partial charge in [0.05, 0.1) is 6.10 Å². The van der Waals surface area contributed by atoms with Crippen LogP contribution >= 0.6 is 0 Å². The number of hydrogen-bond donors (Lipinski definition) is 1. The predicted molar refractivity (Wildman–Crippen MR) is 76.8 cm³/mol. The molecule has 0 fully saturated rings. The van der Waals surface area contributed by atoms with E-state index in [2.05, 4.69) is 6.92 Å². The van der Waals surface area contributed by atoms with Crippen molar-refractivity contribution in [3.05, 3.63) is 0 Å². The van der Waals surface area contributed by atoms with Crippen molar-refractivity contribution in [2.45, 2.75) is 78.0 Å². The first-order valence-corrected chi connectivity index (χ1v) is 7.58. The van der Waals surface area contributed by atoms with E-state index in [9.17, 15) is 14.3 Å². The topological polar surface area (TPSA) is 40.5 Å². The molecule has 1 amide bonds. The molecule has 0 aliphatic heterocycles. The van der Waals surface area contributed by atoms with Crippen LogP contribution in [0.25, 0.3) is 0 Å². The first kappa shape index (κ1) is 18.4. The summed E-state index contributed by atoms with van der Waals surface area (Å²) in [5, 5.41) is 9.92. The molecular weight excluding hydrogens is 245 g/mol. The van der Waals surface area contributed by atoms with Crippen LogP contribution in [-0.2, 0) is 4.79 Å². The molecule has 114 valence electrons. The Bertz CT molecular complexity index is 253. The summed E-state index contributed by atoms with van der Waals surface area (Å²) in [4.78, 5) is 13.4. The molecule has 2 atom stereocenters. The summed E-state index contributed by atoms with van der Waals surface area (Å²) < 4.78 is 14.4. The molecule has 4 heteroatoms. The number of rotatable bonds is 10. The van der Waals surface area contributed by atoms with Gasteiger partial charge in [-0.05, 0) is 27.2 Å². The zero-order valence-corrected chi connectivity index (χ0v) is 12.9. The number of aliphatic hydroxyl groups is 1. The largest absolute Gasteiger partial charge is 0.389 e. The highest BCUT2D eigenvalue weighted by Gasteiger charge is 2.42. The number of amides is 1. The van der Waals surface area contributed by atoms with Gasteiger partial charge in [0.1, 0.15) is 0 Å². The molecule has 0 aromatic heterocycles. The summed E-state index contributed by atoms with van der Waals surface area (Å²) in [5.74, 6) is -0.599. The van der Waals surface area contributed by atoms with E-state index in [0.717, 1.165) is 25.7 Å². The molecule has 19 heavy (non-hydrogen) atoms. The maximum atomic E-state index is 14.4. The van der Waals surface area contributed by atoms with Gasteiger partial charge in [0.25, 0.3) is 5.91 Å². The number of hydrogen-bond acceptors (Lipinski definition) is 2. The number of aliphatic hydroxyl groups excluding tert-OH is 1. The first-order chi connectivity index (χ1) is 8.91. The molecule has 0 aliphatic carbocycles. The van der Waals surface area contributed by atoms with E-state index < -0.39 is 17.7 Å². The summed E-state index contributed by atoms with van der Waals surface area (Å²) in [6.07, 6.45) is 4.33. The minimum atomic E-state index is -2.17. The van der Waals surface area contributed by atoms with Crippen LogP contribution < -0.4 is 0 Å². The number of carbonyl (C=O) groups excluding carboxylic acids is 1. The monoisotopic (exact) mass is 275 g/mol. The van der Waals surface area contributed by atoms with Gasteiger partial charge < -0.3 is 10.0 Å². The lowest BCUT2D eigenvalue weighted by Crippen LogP contribution is -2.51. The lowest BCUT2D eigenvalue weighted by molar-refractivity contribution is -0.150. The number of nitrogens with zero attached hydrogens (tertiary/aromatic N) is 1. The number of carbonyl (C=O) groups is 1. The molecule has 0 saturated carbocycles. The van der Waals surface area contributed by atoms with Crippen molar-refractivity contribution in [3.63, 3.8) is 0 Å². The van der Waals surface area contributed by atoms with Crippen molar-refractivity contribution in [1.82, 2.24) is 4.90 Å². The smallest absolute Gasteiger partial charge is 0.262 e. The van der Waals surface area contributed by atoms with Gasteiger partial charge in [-0.15, -0.1) is 0 Å². The summed E-state index contributed by atoms with van der Waals surface area (Å²) in [6, 6.07) is 0. The Morgan fingerprint density at radius 3 is 2.16 bits per heavy atom. The molecule has 0 aromatic carbocycles. The van der Waals surface area contributed by atoms with Crippen molar-refractivity contribution in [1.29, 1.82) is 0 Å². The molecule has 0 heterocycles. The Morgan fingerprint density at radius 1 is 1.16 bits per heavy atom. The Kier molecular flexibility index (Phi) is 8.98. The van der Waals surface area contributed by atoms with E-state index in [0.29, 0.717) is 19.5 Å². The van der Waals surface area contributed by atoms with Gasteiger partial charge in [-0.1, -0.05) is 39.0 Å². The minimum absolute atomic E-state index is 0.351. The van der Waals surface area contributed by atoms with Gasteiger partial charge in [-0.2, -0.15) is 0 Å². The van der Waals surface area contributed by atoms with Crippen LogP contribution in [-0.4, -0.2) is 40.8 Å². The highest BCUT2D eigenvalue weighted by molar-refractivity contribution is 5.85. The van der Waals surface area contributed by atoms with Gasteiger partial charge in [-0.25, -0.2) is 4.39 Å². The third-order valence-electron chi connectivity index (χ3n) is 3.68. The van der Waals surface area contributed by atoms with Gasteiger partial charge in [0.2, 0.25) is 5.67 Å². The molecule has 0 radical (unpaired) electrons. The second kappa shape index (κ2) is 9.29. The molecule has 0 bridgehead atoms. The van der Waals surface area contributed by atoms with Crippen LogP contribution in [0.3, 0.4) is 0 Å². The van der Waals surface area contributed by atoms with Crippen LogP contribution in [0.5, 0.6) is 0 Å². The zero-order valence-electron chi connectivity index (χ0n) is 12.9. The third-order valence-corrected chi connectivity index (χ3v) is 3.68. The second-order valence-corrected chi connectivity index (χ2v) is 5.27. The maximum Gasteiger partial charge on any atom is 0.262 e. The summed E-state index contributed by atoms with van der Waals surface area (Å²) in [6.45, 7) is 7.90. The average Bonchev–Trinajstić information content (AvgIpc) is 2.39. The fraction of sp³-hybridized carbons (Fsp3) is 0.933. The minimum Gasteiger partial charge on any atom is -0.389 e. The lowest BCUT2D eigenvalue weighted by atomic mass is 9.94. The number of halogens is 1. The van der Waals surface area contributed by atoms with E-state index in [1.54, 1.807) is 0 Å². The highest BCUT2D eigenvalue weighted by atomic mass is 19.1. The van der Waals surface area contributed by atoms with Gasteiger partial charge in [0, 0.05) is 13.1 Å². The van der Waals surface area contributed by atoms with Crippen LogP contribution in [0.2, 0.25) is 0 Å². The summed E-state index contributed by atoms with van der Waals surface area (Å²) in [5.41, 5.74) is -2.17. The van der Waals surface area contributed by atoms with E-state index in [4.69, 9.17) is 0 Å². The van der Waals surface area contributed by atoms with Gasteiger partial charge >= 0.3 is 0 Å². The SMILES string of the molecule is CCCCCCC[C@H](O)[C@@](C)(F)C(=O)N(CC)CC. The molecule has 0 rings (SSSR count). The molecule has 3 nitrogen and oxygen atoms in total. The van der Waals surface area contributed by atoms with Crippen molar-refractivity contribution in [2.24, 2.45) is 0 Å². The standard InChI is InChI=1S/C15H30FNO2/c1-5-8-9-10-11-12-13(18)15(4,16)14(19)17(6-2)7-3/h13,18H,5-12H2,1-4H3/t13-,15+/m0/s1. The van der Waals surface area contributed by atoms with Crippen molar-refractivity contribution in [2.75, 3.05) is 13.1 Å². The first-order valence-electron chi connectivity index (χ1n) is 7.58. The van der Waals surface area contributed by atoms with E-state index in [-0.39, 0.29) is 0 Å². The lowest BCUT2D eigenvalue weighted by Gasteiger charge is -2.31. The Balaban J connectivity index is 4.26. The second-order valence-electron chi connectivity index (χ2n) is 5.27. The summed E-state index contributed by atoms with van der Waals surface area (Å²) in [7, 11) is 0. The molecule has 0 aliphatic rings. The molecule has 1 N–H and O–H groups in total. The summed E-state index contributed by atoms with van der Waals surface area (Å²) >= 11 is 0. The van der Waals surface area contributed by atoms with Gasteiger partial charge in [0.15, 0.2) is 0 Å². The average molecular weight is 275 g/mol. The van der Waals surface area contributed by atoms with Crippen LogP contribution in [0.4, 0.5) is 4.39 Å². The molecular formula is C15H30FNO2. The fourth-order valence-electron chi connectivity index (χ4n) is 2.17. The zero-order chi connectivity index (χ0) is 14.9. The molecule has 0 saturated heterocycles.